The molecule has 0 heterocycles. The fraction of sp³-hybridized carbons (Fsp3) is 0.300. The molecule has 0 radical (unpaired) electrons. The summed E-state index contributed by atoms with van der Waals surface area (Å²) in [4.78, 5) is 23.4. The number of hydrogen-bond donors (Lipinski definition) is 2. The standard InChI is InChI=1S/C20H20FNO3/c21-16-4-1-3-15(13-16)20(11-2-12-20)19(25)22-17-8-5-14(6-9-17)7-10-18(23)24/h1,3-6,8-9,13H,2,7,10-12H2,(H,22,25)(H,23,24). The Morgan fingerprint density at radius 2 is 1.84 bits per heavy atom. The summed E-state index contributed by atoms with van der Waals surface area (Å²) in [5, 5.41) is 11.6. The maximum Gasteiger partial charge on any atom is 0.303 e. The van der Waals surface area contributed by atoms with Crippen molar-refractivity contribution in [2.75, 3.05) is 5.32 Å². The molecule has 0 aromatic heterocycles. The van der Waals surface area contributed by atoms with Crippen molar-refractivity contribution in [1.29, 1.82) is 0 Å². The minimum absolute atomic E-state index is 0.0778. The first-order valence-corrected chi connectivity index (χ1v) is 8.38. The normalized spacial score (nSPS) is 15.2. The molecule has 0 aliphatic heterocycles. The lowest BCUT2D eigenvalue weighted by Gasteiger charge is -2.40. The molecule has 1 amide bonds. The molecule has 2 aromatic rings. The molecular formula is C20H20FNO3. The van der Waals surface area contributed by atoms with Crippen LogP contribution in [0.25, 0.3) is 0 Å². The third kappa shape index (κ3) is 3.71. The van der Waals surface area contributed by atoms with Crippen molar-refractivity contribution < 1.29 is 19.1 Å². The summed E-state index contributed by atoms with van der Waals surface area (Å²) >= 11 is 0. The zero-order valence-electron chi connectivity index (χ0n) is 13.8. The molecule has 0 spiro atoms. The average molecular weight is 341 g/mol. The van der Waals surface area contributed by atoms with Crippen LogP contribution in [0.4, 0.5) is 10.1 Å². The van der Waals surface area contributed by atoms with E-state index < -0.39 is 11.4 Å². The van der Waals surface area contributed by atoms with Gasteiger partial charge in [-0.3, -0.25) is 9.59 Å². The van der Waals surface area contributed by atoms with E-state index in [-0.39, 0.29) is 18.1 Å². The highest BCUT2D eigenvalue weighted by Gasteiger charge is 2.45. The van der Waals surface area contributed by atoms with Gasteiger partial charge < -0.3 is 10.4 Å². The van der Waals surface area contributed by atoms with Crippen molar-refractivity contribution >= 4 is 17.6 Å². The van der Waals surface area contributed by atoms with E-state index in [0.717, 1.165) is 12.0 Å². The number of anilines is 1. The summed E-state index contributed by atoms with van der Waals surface area (Å²) in [7, 11) is 0. The molecule has 5 heteroatoms. The first-order chi connectivity index (χ1) is 12.0. The van der Waals surface area contributed by atoms with Crippen molar-refractivity contribution in [3.8, 4) is 0 Å². The number of halogens is 1. The van der Waals surface area contributed by atoms with Crippen LogP contribution >= 0.6 is 0 Å². The zero-order valence-corrected chi connectivity index (χ0v) is 13.8. The molecular weight excluding hydrogens is 321 g/mol. The van der Waals surface area contributed by atoms with Gasteiger partial charge in [0, 0.05) is 12.1 Å². The number of amides is 1. The number of aliphatic carboxylic acids is 1. The van der Waals surface area contributed by atoms with Crippen LogP contribution in [0.2, 0.25) is 0 Å². The minimum atomic E-state index is -0.834. The molecule has 0 unspecified atom stereocenters. The molecule has 4 nitrogen and oxygen atoms in total. The molecule has 0 saturated heterocycles. The topological polar surface area (TPSA) is 66.4 Å². The molecule has 1 saturated carbocycles. The molecule has 25 heavy (non-hydrogen) atoms. The highest BCUT2D eigenvalue weighted by Crippen LogP contribution is 2.44. The zero-order chi connectivity index (χ0) is 17.9. The molecule has 0 atom stereocenters. The second kappa shape index (κ2) is 7.05. The van der Waals surface area contributed by atoms with E-state index in [1.807, 2.05) is 12.1 Å². The van der Waals surface area contributed by atoms with Gasteiger partial charge in [0.15, 0.2) is 0 Å². The number of carbonyl (C=O) groups excluding carboxylic acids is 1. The molecule has 2 N–H and O–H groups in total. The number of carboxylic acid groups (broad SMARTS) is 1. The molecule has 0 bridgehead atoms. The van der Waals surface area contributed by atoms with Crippen LogP contribution < -0.4 is 5.32 Å². The number of benzene rings is 2. The maximum absolute atomic E-state index is 13.5. The van der Waals surface area contributed by atoms with Gasteiger partial charge in [0.05, 0.1) is 5.41 Å². The van der Waals surface area contributed by atoms with E-state index in [0.29, 0.717) is 30.5 Å². The number of carbonyl (C=O) groups is 2. The van der Waals surface area contributed by atoms with Gasteiger partial charge >= 0.3 is 5.97 Å². The summed E-state index contributed by atoms with van der Waals surface area (Å²) < 4.78 is 13.5. The first-order valence-electron chi connectivity index (χ1n) is 8.38. The Balaban J connectivity index is 1.71. The molecule has 2 aromatic carbocycles. The Hall–Kier alpha value is -2.69. The first kappa shape index (κ1) is 17.1. The Morgan fingerprint density at radius 3 is 2.40 bits per heavy atom. The molecule has 1 aliphatic carbocycles. The highest BCUT2D eigenvalue weighted by atomic mass is 19.1. The Bertz CT molecular complexity index is 782. The van der Waals surface area contributed by atoms with Crippen LogP contribution in [-0.2, 0) is 21.4 Å². The van der Waals surface area contributed by atoms with E-state index in [1.165, 1.54) is 12.1 Å². The van der Waals surface area contributed by atoms with Crippen LogP contribution in [0.5, 0.6) is 0 Å². The summed E-state index contributed by atoms with van der Waals surface area (Å²) in [6, 6.07) is 13.4. The maximum atomic E-state index is 13.5. The number of nitrogens with one attached hydrogen (secondary N) is 1. The van der Waals surface area contributed by atoms with Crippen molar-refractivity contribution in [3.05, 3.63) is 65.5 Å². The smallest absolute Gasteiger partial charge is 0.303 e. The van der Waals surface area contributed by atoms with Gasteiger partial charge in [0.25, 0.3) is 0 Å². The molecule has 1 fully saturated rings. The van der Waals surface area contributed by atoms with Crippen molar-refractivity contribution in [2.45, 2.75) is 37.5 Å². The monoisotopic (exact) mass is 341 g/mol. The van der Waals surface area contributed by atoms with E-state index in [4.69, 9.17) is 5.11 Å². The number of rotatable bonds is 6. The van der Waals surface area contributed by atoms with Gasteiger partial charge in [0.1, 0.15) is 5.82 Å². The number of aryl methyl sites for hydroxylation is 1. The third-order valence-electron chi connectivity index (χ3n) is 4.86. The van der Waals surface area contributed by atoms with Gasteiger partial charge in [0.2, 0.25) is 5.91 Å². The van der Waals surface area contributed by atoms with Crippen LogP contribution in [-0.4, -0.2) is 17.0 Å². The van der Waals surface area contributed by atoms with Gasteiger partial charge in [-0.25, -0.2) is 4.39 Å². The second-order valence-corrected chi connectivity index (χ2v) is 6.49. The summed E-state index contributed by atoms with van der Waals surface area (Å²) in [5.74, 6) is -1.29. The van der Waals surface area contributed by atoms with E-state index in [2.05, 4.69) is 5.32 Å². The third-order valence-corrected chi connectivity index (χ3v) is 4.86. The average Bonchev–Trinajstić information content (AvgIpc) is 2.53. The SMILES string of the molecule is O=C(O)CCc1ccc(NC(=O)C2(c3cccc(F)c3)CCC2)cc1. The van der Waals surface area contributed by atoms with Crippen molar-refractivity contribution in [2.24, 2.45) is 0 Å². The second-order valence-electron chi connectivity index (χ2n) is 6.49. The summed E-state index contributed by atoms with van der Waals surface area (Å²) in [6.07, 6.45) is 2.89. The Morgan fingerprint density at radius 1 is 1.12 bits per heavy atom. The Labute approximate surface area is 145 Å². The van der Waals surface area contributed by atoms with Crippen LogP contribution in [0, 0.1) is 5.82 Å². The van der Waals surface area contributed by atoms with E-state index in [1.54, 1.807) is 24.3 Å². The number of carboxylic acids is 1. The largest absolute Gasteiger partial charge is 0.481 e. The van der Waals surface area contributed by atoms with Gasteiger partial charge in [-0.05, 0) is 54.7 Å². The number of hydrogen-bond acceptors (Lipinski definition) is 2. The molecule has 3 rings (SSSR count). The van der Waals surface area contributed by atoms with Crippen molar-refractivity contribution in [1.82, 2.24) is 0 Å². The van der Waals surface area contributed by atoms with Crippen molar-refractivity contribution in [3.63, 3.8) is 0 Å². The predicted molar refractivity (Wildman–Crippen MR) is 93.0 cm³/mol. The highest BCUT2D eigenvalue weighted by molar-refractivity contribution is 5.99. The summed E-state index contributed by atoms with van der Waals surface area (Å²) in [5.41, 5.74) is 1.62. The summed E-state index contributed by atoms with van der Waals surface area (Å²) in [6.45, 7) is 0. The van der Waals surface area contributed by atoms with Crippen LogP contribution in [0.1, 0.15) is 36.8 Å². The van der Waals surface area contributed by atoms with Gasteiger partial charge in [-0.1, -0.05) is 30.7 Å². The molecule has 1 aliphatic rings. The van der Waals surface area contributed by atoms with E-state index in [9.17, 15) is 14.0 Å². The fourth-order valence-electron chi connectivity index (χ4n) is 3.22. The van der Waals surface area contributed by atoms with Gasteiger partial charge in [-0.2, -0.15) is 0 Å². The fourth-order valence-corrected chi connectivity index (χ4v) is 3.22. The van der Waals surface area contributed by atoms with Gasteiger partial charge in [-0.15, -0.1) is 0 Å². The lowest BCUT2D eigenvalue weighted by molar-refractivity contribution is -0.137. The Kier molecular flexibility index (Phi) is 4.83. The predicted octanol–water partition coefficient (Wildman–Crippen LogP) is 3.90. The lowest BCUT2D eigenvalue weighted by Crippen LogP contribution is -2.46. The molecule has 130 valence electrons. The van der Waals surface area contributed by atoms with Crippen LogP contribution in [0.3, 0.4) is 0 Å². The lowest BCUT2D eigenvalue weighted by atomic mass is 9.63. The quantitative estimate of drug-likeness (QED) is 0.837. The van der Waals surface area contributed by atoms with E-state index >= 15 is 0 Å². The minimum Gasteiger partial charge on any atom is -0.481 e. The van der Waals surface area contributed by atoms with Crippen LogP contribution in [0.15, 0.2) is 48.5 Å².